The Balaban J connectivity index is 1.88. The number of hydrogen-bond donors (Lipinski definition) is 1. The third kappa shape index (κ3) is 3.20. The maximum atomic E-state index is 10.4. The lowest BCUT2D eigenvalue weighted by atomic mass is 9.80. The van der Waals surface area contributed by atoms with Crippen molar-refractivity contribution in [3.8, 4) is 0 Å². The van der Waals surface area contributed by atoms with Gasteiger partial charge in [-0.05, 0) is 51.4 Å². The van der Waals surface area contributed by atoms with Crippen molar-refractivity contribution in [1.29, 1.82) is 0 Å². The van der Waals surface area contributed by atoms with Gasteiger partial charge in [0.15, 0.2) is 0 Å². The summed E-state index contributed by atoms with van der Waals surface area (Å²) in [6.45, 7) is 7.22. The van der Waals surface area contributed by atoms with E-state index in [2.05, 4.69) is 11.1 Å². The number of fused-ring (bicyclic) bond motifs is 4. The molecule has 0 spiro atoms. The van der Waals surface area contributed by atoms with Gasteiger partial charge < -0.3 is 14.2 Å². The predicted molar refractivity (Wildman–Crippen MR) is 112 cm³/mol. The fourth-order valence-electron chi connectivity index (χ4n) is 3.03. The normalized spacial score (nSPS) is 13.0. The molecule has 4 nitrogen and oxygen atoms in total. The van der Waals surface area contributed by atoms with Crippen LogP contribution in [0.4, 0.5) is 0 Å². The molecule has 4 rings (SSSR count). The molecule has 0 aliphatic carbocycles. The Kier molecular flexibility index (Phi) is 4.22. The number of nitrogens with zero attached hydrogens (tertiary/aromatic N) is 1. The van der Waals surface area contributed by atoms with Crippen LogP contribution in [0.25, 0.3) is 33.0 Å². The molecule has 0 saturated heterocycles. The van der Waals surface area contributed by atoms with Crippen molar-refractivity contribution < 1.29 is 14.2 Å². The topological polar surface area (TPSA) is 55.5 Å². The van der Waals surface area contributed by atoms with Crippen LogP contribution in [0.1, 0.15) is 27.7 Å². The predicted octanol–water partition coefficient (Wildman–Crippen LogP) is 4.33. The van der Waals surface area contributed by atoms with E-state index in [0.29, 0.717) is 23.8 Å². The van der Waals surface area contributed by atoms with E-state index in [4.69, 9.17) is 20.7 Å². The highest BCUT2D eigenvalue weighted by molar-refractivity contribution is 6.53. The first kappa shape index (κ1) is 18.3. The van der Waals surface area contributed by atoms with Crippen LogP contribution in [0.5, 0.6) is 0 Å². The smallest absolute Gasteiger partial charge is 0.310 e. The van der Waals surface area contributed by atoms with E-state index in [-0.39, 0.29) is 0 Å². The van der Waals surface area contributed by atoms with Crippen LogP contribution in [0.2, 0.25) is 5.02 Å². The second-order valence-corrected chi connectivity index (χ2v) is 8.37. The van der Waals surface area contributed by atoms with Crippen LogP contribution in [-0.4, -0.2) is 28.8 Å². The number of pyridine rings is 1. The maximum Gasteiger partial charge on any atom is 0.310 e. The summed E-state index contributed by atoms with van der Waals surface area (Å²) in [5.41, 5.74) is 1.34. The van der Waals surface area contributed by atoms with Gasteiger partial charge in [0.1, 0.15) is 5.58 Å². The first-order valence-electron chi connectivity index (χ1n) is 8.92. The van der Waals surface area contributed by atoms with Gasteiger partial charge in [0.05, 0.1) is 16.7 Å². The van der Waals surface area contributed by atoms with Gasteiger partial charge in [0.2, 0.25) is 5.71 Å². The first-order chi connectivity index (χ1) is 12.7. The van der Waals surface area contributed by atoms with Crippen molar-refractivity contribution >= 4 is 57.5 Å². The van der Waals surface area contributed by atoms with Crippen LogP contribution >= 0.6 is 11.6 Å². The minimum absolute atomic E-state index is 0.301. The van der Waals surface area contributed by atoms with Crippen LogP contribution < -0.4 is 5.46 Å². The van der Waals surface area contributed by atoms with E-state index < -0.39 is 11.2 Å². The maximum absolute atomic E-state index is 10.4. The molecule has 0 fully saturated rings. The summed E-state index contributed by atoms with van der Waals surface area (Å²) in [5, 5.41) is 13.9. The number of benzene rings is 2. The quantitative estimate of drug-likeness (QED) is 0.535. The lowest BCUT2D eigenvalue weighted by molar-refractivity contribution is -0.0893. The van der Waals surface area contributed by atoms with Crippen LogP contribution in [0.15, 0.2) is 46.9 Å². The van der Waals surface area contributed by atoms with Crippen molar-refractivity contribution in [1.82, 2.24) is 4.98 Å². The van der Waals surface area contributed by atoms with Gasteiger partial charge >= 0.3 is 7.48 Å². The average molecular weight is 382 g/mol. The number of aliphatic hydroxyl groups is 1. The number of hydrogen-bond acceptors (Lipinski definition) is 4. The fourth-order valence-corrected chi connectivity index (χ4v) is 3.26. The lowest BCUT2D eigenvalue weighted by Crippen LogP contribution is -2.49. The third-order valence-electron chi connectivity index (χ3n) is 5.38. The number of aromatic nitrogens is 1. The van der Waals surface area contributed by atoms with E-state index in [1.54, 1.807) is 19.9 Å². The summed E-state index contributed by atoms with van der Waals surface area (Å²) in [6.07, 6.45) is 0. The minimum atomic E-state index is -0.985. The summed E-state index contributed by atoms with van der Waals surface area (Å²) in [4.78, 5) is 4.64. The van der Waals surface area contributed by atoms with Gasteiger partial charge in [0.25, 0.3) is 0 Å². The summed E-state index contributed by atoms with van der Waals surface area (Å²) in [7, 11) is 0.301. The van der Waals surface area contributed by atoms with Crippen molar-refractivity contribution in [2.45, 2.75) is 38.9 Å². The molecular weight excluding hydrogens is 361 g/mol. The molecule has 2 aromatic carbocycles. The molecule has 27 heavy (non-hydrogen) atoms. The van der Waals surface area contributed by atoms with Gasteiger partial charge in [-0.3, -0.25) is 0 Å². The molecule has 0 saturated carbocycles. The van der Waals surface area contributed by atoms with E-state index in [9.17, 15) is 5.11 Å². The van der Waals surface area contributed by atoms with Crippen molar-refractivity contribution in [3.05, 3.63) is 47.5 Å². The summed E-state index contributed by atoms with van der Waals surface area (Å²) in [6, 6.07) is 13.7. The highest BCUT2D eigenvalue weighted by Crippen LogP contribution is 2.31. The highest BCUT2D eigenvalue weighted by atomic mass is 35.5. The molecule has 0 bridgehead atoms. The molecule has 6 heteroatoms. The van der Waals surface area contributed by atoms with E-state index in [1.165, 1.54) is 0 Å². The third-order valence-corrected chi connectivity index (χ3v) is 5.59. The molecule has 1 N–H and O–H groups in total. The molecule has 0 radical (unpaired) electrons. The molecular formula is C21H21BClNO3. The Hall–Kier alpha value is -2.08. The monoisotopic (exact) mass is 381 g/mol. The molecule has 2 heterocycles. The van der Waals surface area contributed by atoms with Gasteiger partial charge in [0, 0.05) is 27.2 Å². The standard InChI is InChI=1S/C21H21BClNO3/c1-20(2,25)21(3,4)27-22-15-10-13(23)11-17-18(15)14-9-12-7-5-6-8-16(12)24-19(14)26-17/h5-11,22,25H,1-4H3. The van der Waals surface area contributed by atoms with Crippen molar-refractivity contribution in [3.63, 3.8) is 0 Å². The molecule has 2 aromatic heterocycles. The first-order valence-corrected chi connectivity index (χ1v) is 9.30. The fraction of sp³-hybridized carbons (Fsp3) is 0.286. The Morgan fingerprint density at radius 1 is 1.11 bits per heavy atom. The molecule has 0 amide bonds. The van der Waals surface area contributed by atoms with Crippen LogP contribution in [0.3, 0.4) is 0 Å². The van der Waals surface area contributed by atoms with Gasteiger partial charge in [-0.2, -0.15) is 0 Å². The van der Waals surface area contributed by atoms with Gasteiger partial charge in [-0.15, -0.1) is 0 Å². The molecule has 0 aliphatic heterocycles. The number of rotatable bonds is 4. The number of furan rings is 1. The number of halogens is 1. The van der Waals surface area contributed by atoms with Crippen molar-refractivity contribution in [2.75, 3.05) is 0 Å². The zero-order valence-corrected chi connectivity index (χ0v) is 16.6. The molecule has 0 unspecified atom stereocenters. The second kappa shape index (κ2) is 6.23. The largest absolute Gasteiger partial charge is 0.438 e. The SMILES string of the molecule is CC(C)(O)C(C)(C)OBc1cc(Cl)cc2oc3nc4ccccc4cc3c12. The van der Waals surface area contributed by atoms with Crippen molar-refractivity contribution in [2.24, 2.45) is 0 Å². The minimum Gasteiger partial charge on any atom is -0.438 e. The van der Waals surface area contributed by atoms with Crippen LogP contribution in [-0.2, 0) is 4.65 Å². The Morgan fingerprint density at radius 2 is 1.85 bits per heavy atom. The van der Waals surface area contributed by atoms with E-state index in [0.717, 1.165) is 27.1 Å². The molecule has 0 aliphatic rings. The Labute approximate surface area is 163 Å². The zero-order chi connectivity index (χ0) is 19.4. The Morgan fingerprint density at radius 3 is 2.59 bits per heavy atom. The van der Waals surface area contributed by atoms with Crippen LogP contribution in [0, 0.1) is 0 Å². The molecule has 138 valence electrons. The summed E-state index contributed by atoms with van der Waals surface area (Å²) < 4.78 is 12.1. The zero-order valence-electron chi connectivity index (χ0n) is 15.8. The highest BCUT2D eigenvalue weighted by Gasteiger charge is 2.36. The van der Waals surface area contributed by atoms with Gasteiger partial charge in [-0.1, -0.05) is 29.8 Å². The number of para-hydroxylation sites is 1. The summed E-state index contributed by atoms with van der Waals surface area (Å²) in [5.74, 6) is 0. The average Bonchev–Trinajstić information content (AvgIpc) is 2.93. The summed E-state index contributed by atoms with van der Waals surface area (Å²) >= 11 is 6.31. The van der Waals surface area contributed by atoms with E-state index >= 15 is 0 Å². The van der Waals surface area contributed by atoms with E-state index in [1.807, 2.05) is 44.2 Å². The second-order valence-electron chi connectivity index (χ2n) is 7.93. The lowest BCUT2D eigenvalue weighted by Gasteiger charge is -2.37. The molecule has 4 aromatic rings. The van der Waals surface area contributed by atoms with Gasteiger partial charge in [-0.25, -0.2) is 4.98 Å². The molecule has 0 atom stereocenters. The Bertz CT molecular complexity index is 1160.